The number of hydrogen-bond acceptors (Lipinski definition) is 7. The van der Waals surface area contributed by atoms with Crippen LogP contribution in [-0.4, -0.2) is 41.4 Å². The van der Waals surface area contributed by atoms with Crippen molar-refractivity contribution in [1.82, 2.24) is 4.90 Å². The molecular weight excluding hydrogens is 586 g/mol. The van der Waals surface area contributed by atoms with Crippen LogP contribution in [0.5, 0.6) is 17.2 Å². The Hall–Kier alpha value is -5.06. The van der Waals surface area contributed by atoms with Gasteiger partial charge in [0, 0.05) is 41.0 Å². The molecule has 0 saturated heterocycles. The second-order valence-electron chi connectivity index (χ2n) is 10.0. The number of methoxy groups -OCH3 is 1. The van der Waals surface area contributed by atoms with Crippen LogP contribution in [0.3, 0.4) is 0 Å². The molecule has 44 heavy (non-hydrogen) atoms. The molecule has 0 fully saturated rings. The Morgan fingerprint density at radius 3 is 2.45 bits per heavy atom. The third-order valence-corrected chi connectivity index (χ3v) is 7.06. The van der Waals surface area contributed by atoms with Gasteiger partial charge in [0.2, 0.25) is 18.0 Å². The van der Waals surface area contributed by atoms with Crippen LogP contribution < -0.4 is 24.8 Å². The molecule has 0 bridgehead atoms. The van der Waals surface area contributed by atoms with Crippen LogP contribution >= 0.6 is 11.6 Å². The first-order valence-electron chi connectivity index (χ1n) is 13.7. The summed E-state index contributed by atoms with van der Waals surface area (Å²) < 4.78 is 18.0. The molecule has 1 atom stereocenters. The lowest BCUT2D eigenvalue weighted by molar-refractivity contribution is -0.118. The second-order valence-corrected chi connectivity index (χ2v) is 10.5. The van der Waals surface area contributed by atoms with E-state index in [2.05, 4.69) is 10.6 Å². The average Bonchev–Trinajstić information content (AvgIpc) is 3.01. The lowest BCUT2D eigenvalue weighted by atomic mass is 10.0. The molecule has 0 aromatic heterocycles. The quantitative estimate of drug-likeness (QED) is 0.213. The van der Waals surface area contributed by atoms with Gasteiger partial charge in [-0.3, -0.25) is 19.3 Å². The number of aliphatic hydroxyl groups excluding tert-OH is 1. The summed E-state index contributed by atoms with van der Waals surface area (Å²) in [5, 5.41) is 14.9. The van der Waals surface area contributed by atoms with Gasteiger partial charge in [0.05, 0.1) is 12.7 Å². The number of nitrogens with one attached hydrogen (secondary N) is 2. The van der Waals surface area contributed by atoms with Crippen molar-refractivity contribution in [3.63, 3.8) is 0 Å². The molecule has 226 valence electrons. The highest BCUT2D eigenvalue weighted by Gasteiger charge is 2.35. The zero-order valence-corrected chi connectivity index (χ0v) is 24.8. The minimum absolute atomic E-state index is 0.162. The zero-order chi connectivity index (χ0) is 31.2. The highest BCUT2D eigenvalue weighted by molar-refractivity contribution is 6.30. The molecule has 1 aliphatic heterocycles. The summed E-state index contributed by atoms with van der Waals surface area (Å²) in [5.74, 6) is 0.457. The molecule has 4 aromatic carbocycles. The summed E-state index contributed by atoms with van der Waals surface area (Å²) in [7, 11) is 1.57. The van der Waals surface area contributed by atoms with Crippen molar-refractivity contribution in [3.05, 3.63) is 112 Å². The van der Waals surface area contributed by atoms with Gasteiger partial charge in [0.1, 0.15) is 30.5 Å². The molecule has 1 heterocycles. The van der Waals surface area contributed by atoms with Crippen molar-refractivity contribution in [2.75, 3.05) is 24.4 Å². The minimum atomic E-state index is -0.812. The van der Waals surface area contributed by atoms with E-state index in [4.69, 9.17) is 30.9 Å². The molecule has 3 N–H and O–H groups in total. The third-order valence-electron chi connectivity index (χ3n) is 6.82. The number of amides is 3. The van der Waals surface area contributed by atoms with Crippen molar-refractivity contribution in [2.24, 2.45) is 0 Å². The van der Waals surface area contributed by atoms with E-state index < -0.39 is 18.7 Å². The van der Waals surface area contributed by atoms with Gasteiger partial charge in [-0.15, -0.1) is 0 Å². The molecule has 3 amide bonds. The van der Waals surface area contributed by atoms with E-state index in [0.717, 1.165) is 11.1 Å². The number of nitrogens with zero attached hydrogens (tertiary/aromatic N) is 1. The van der Waals surface area contributed by atoms with E-state index in [1.807, 2.05) is 24.3 Å². The van der Waals surface area contributed by atoms with Crippen molar-refractivity contribution < 1.29 is 33.7 Å². The Morgan fingerprint density at radius 2 is 1.75 bits per heavy atom. The normalized spacial score (nSPS) is 13.9. The maximum absolute atomic E-state index is 14.0. The number of carbonyl (C=O) groups excluding carboxylic acids is 3. The SMILES string of the molecule is COc1ccc(C2Oc3ccc(NC(=O)CO)cc3C(=O)N2Cc2cccc(Cl)c2)cc1COc1ccc(NC(C)=O)cc1. The zero-order valence-electron chi connectivity index (χ0n) is 24.0. The summed E-state index contributed by atoms with van der Waals surface area (Å²) in [6.07, 6.45) is -0.812. The van der Waals surface area contributed by atoms with Gasteiger partial charge in [-0.1, -0.05) is 23.7 Å². The smallest absolute Gasteiger partial charge is 0.261 e. The molecule has 1 aliphatic rings. The first-order valence-corrected chi connectivity index (χ1v) is 14.1. The van der Waals surface area contributed by atoms with Crippen LogP contribution in [0.15, 0.2) is 84.9 Å². The molecule has 5 rings (SSSR count). The first kappa shape index (κ1) is 30.4. The van der Waals surface area contributed by atoms with Gasteiger partial charge in [0.15, 0.2) is 0 Å². The van der Waals surface area contributed by atoms with Gasteiger partial charge in [-0.05, 0) is 78.4 Å². The first-order chi connectivity index (χ1) is 21.2. The van der Waals surface area contributed by atoms with Crippen LogP contribution in [0.4, 0.5) is 11.4 Å². The van der Waals surface area contributed by atoms with Crippen LogP contribution in [0.2, 0.25) is 5.02 Å². The molecule has 0 aliphatic carbocycles. The number of carbonyl (C=O) groups is 3. The number of aliphatic hydroxyl groups is 1. The Balaban J connectivity index is 1.46. The summed E-state index contributed by atoms with van der Waals surface area (Å²) in [6, 6.07) is 24.5. The summed E-state index contributed by atoms with van der Waals surface area (Å²) >= 11 is 6.24. The molecule has 4 aromatic rings. The highest BCUT2D eigenvalue weighted by atomic mass is 35.5. The average molecular weight is 616 g/mol. The number of ether oxygens (including phenoxy) is 3. The maximum atomic E-state index is 14.0. The Bertz CT molecular complexity index is 1690. The van der Waals surface area contributed by atoms with E-state index in [1.165, 1.54) is 13.0 Å². The number of anilines is 2. The minimum Gasteiger partial charge on any atom is -0.496 e. The summed E-state index contributed by atoms with van der Waals surface area (Å²) in [4.78, 5) is 38.6. The van der Waals surface area contributed by atoms with Crippen LogP contribution in [0.1, 0.15) is 40.2 Å². The molecular formula is C33H30ClN3O7. The molecule has 11 heteroatoms. The number of hydrogen-bond donors (Lipinski definition) is 3. The third kappa shape index (κ3) is 7.11. The standard InChI is InChI=1S/C33H30ClN3O7/c1-20(39)35-25-7-10-27(11-8-25)43-19-23-15-22(6-12-29(23)42-2)33-37(17-21-4-3-5-24(34)14-21)32(41)28-16-26(36-31(40)18-38)9-13-30(28)44-33/h3-16,33,38H,17-19H2,1-2H3,(H,35,39)(H,36,40). The fourth-order valence-electron chi connectivity index (χ4n) is 4.82. The van der Waals surface area contributed by atoms with Crippen LogP contribution in [0.25, 0.3) is 0 Å². The summed E-state index contributed by atoms with van der Waals surface area (Å²) in [5.41, 5.74) is 3.49. The van der Waals surface area contributed by atoms with Crippen LogP contribution in [-0.2, 0) is 22.7 Å². The van der Waals surface area contributed by atoms with E-state index in [-0.39, 0.29) is 30.5 Å². The van der Waals surface area contributed by atoms with Gasteiger partial charge in [-0.2, -0.15) is 0 Å². The Morgan fingerprint density at radius 1 is 0.977 bits per heavy atom. The largest absolute Gasteiger partial charge is 0.496 e. The van der Waals surface area contributed by atoms with E-state index in [1.54, 1.807) is 66.6 Å². The van der Waals surface area contributed by atoms with Gasteiger partial charge in [-0.25, -0.2) is 0 Å². The number of benzene rings is 4. The topological polar surface area (TPSA) is 126 Å². The van der Waals surface area contributed by atoms with Gasteiger partial charge < -0.3 is 30.0 Å². The van der Waals surface area contributed by atoms with Crippen LogP contribution in [0, 0.1) is 0 Å². The fourth-order valence-corrected chi connectivity index (χ4v) is 5.03. The second kappa shape index (κ2) is 13.5. The van der Waals surface area contributed by atoms with Gasteiger partial charge in [0.25, 0.3) is 5.91 Å². The summed E-state index contributed by atoms with van der Waals surface area (Å²) in [6.45, 7) is 1.11. The maximum Gasteiger partial charge on any atom is 0.261 e. The predicted octanol–water partition coefficient (Wildman–Crippen LogP) is 5.55. The lowest BCUT2D eigenvalue weighted by Crippen LogP contribution is -2.41. The molecule has 1 unspecified atom stereocenters. The van der Waals surface area contributed by atoms with E-state index in [9.17, 15) is 14.4 Å². The fraction of sp³-hybridized carbons (Fsp3) is 0.182. The predicted molar refractivity (Wildman–Crippen MR) is 165 cm³/mol. The Kier molecular flexibility index (Phi) is 9.32. The molecule has 0 saturated carbocycles. The van der Waals surface area contributed by atoms with Crippen molar-refractivity contribution in [1.29, 1.82) is 0 Å². The molecule has 0 spiro atoms. The highest BCUT2D eigenvalue weighted by Crippen LogP contribution is 2.39. The van der Waals surface area contributed by atoms with Crippen molar-refractivity contribution in [2.45, 2.75) is 26.3 Å². The number of fused-ring (bicyclic) bond motifs is 1. The molecule has 10 nitrogen and oxygen atoms in total. The van der Waals surface area contributed by atoms with Crippen molar-refractivity contribution in [3.8, 4) is 17.2 Å². The lowest BCUT2D eigenvalue weighted by Gasteiger charge is -2.37. The monoisotopic (exact) mass is 615 g/mol. The van der Waals surface area contributed by atoms with Gasteiger partial charge >= 0.3 is 0 Å². The van der Waals surface area contributed by atoms with E-state index in [0.29, 0.717) is 39.2 Å². The number of halogens is 1. The van der Waals surface area contributed by atoms with Crippen molar-refractivity contribution >= 4 is 40.7 Å². The number of rotatable bonds is 10. The van der Waals surface area contributed by atoms with E-state index >= 15 is 0 Å². The molecule has 0 radical (unpaired) electrons. The Labute approximate surface area is 259 Å².